The largest absolute Gasteiger partial charge is 0.497 e. The summed E-state index contributed by atoms with van der Waals surface area (Å²) in [4.78, 5) is 16.0. The number of carbonyl (C=O) groups is 1. The number of hydrogen-bond acceptors (Lipinski definition) is 5. The first-order valence-electron chi connectivity index (χ1n) is 15.6. The molecule has 7 heteroatoms. The molecule has 0 fully saturated rings. The van der Waals surface area contributed by atoms with Crippen molar-refractivity contribution in [1.82, 2.24) is 4.72 Å². The fourth-order valence-electron chi connectivity index (χ4n) is 5.54. The number of thioether (sulfide) groups is 1. The quantitative estimate of drug-likeness (QED) is 0.106. The first-order valence-corrected chi connectivity index (χ1v) is 18.0. The monoisotopic (exact) mass is 663 g/mol. The molecule has 3 atom stereocenters. The van der Waals surface area contributed by atoms with Gasteiger partial charge in [-0.15, -0.1) is 11.8 Å². The van der Waals surface area contributed by atoms with Crippen LogP contribution in [0.15, 0.2) is 143 Å². The molecule has 0 amide bonds. The van der Waals surface area contributed by atoms with Crippen LogP contribution in [-0.2, 0) is 15.4 Å². The lowest BCUT2D eigenvalue weighted by molar-refractivity contribution is 0.0892. The third-order valence-electron chi connectivity index (χ3n) is 8.25. The van der Waals surface area contributed by atoms with Crippen molar-refractivity contribution in [3.63, 3.8) is 0 Å². The summed E-state index contributed by atoms with van der Waals surface area (Å²) >= 11 is 1.56. The molecule has 0 saturated carbocycles. The van der Waals surface area contributed by atoms with E-state index in [4.69, 9.17) is 4.74 Å². The summed E-state index contributed by atoms with van der Waals surface area (Å²) < 4.78 is 36.6. The van der Waals surface area contributed by atoms with E-state index in [1.54, 1.807) is 55.3 Å². The van der Waals surface area contributed by atoms with Crippen LogP contribution in [0.1, 0.15) is 64.7 Å². The number of hydrogen-bond donors (Lipinski definition) is 1. The smallest absolute Gasteiger partial charge is 0.241 e. The maximum absolute atomic E-state index is 14.9. The maximum atomic E-state index is 14.9. The van der Waals surface area contributed by atoms with Crippen molar-refractivity contribution in [3.8, 4) is 5.75 Å². The SMILES string of the molecule is COc1ccc([C@H](Sc2ccc(C(C)(C)C)cc2)[C@@H](C(=O)c2ccccc2)[C@H](NS(=O)(=O)c2ccc(C)cc2)c2ccccc2)cc1. The molecule has 47 heavy (non-hydrogen) atoms. The first-order chi connectivity index (χ1) is 22.5. The van der Waals surface area contributed by atoms with Gasteiger partial charge in [-0.3, -0.25) is 4.79 Å². The lowest BCUT2D eigenvalue weighted by Gasteiger charge is -2.34. The molecule has 0 aliphatic rings. The summed E-state index contributed by atoms with van der Waals surface area (Å²) in [5.74, 6) is -0.316. The minimum atomic E-state index is -4.04. The molecule has 0 radical (unpaired) electrons. The van der Waals surface area contributed by atoms with Gasteiger partial charge in [0.25, 0.3) is 0 Å². The van der Waals surface area contributed by atoms with Crippen LogP contribution in [0, 0.1) is 12.8 Å². The lowest BCUT2D eigenvalue weighted by Crippen LogP contribution is -2.39. The average Bonchev–Trinajstić information content (AvgIpc) is 3.08. The van der Waals surface area contributed by atoms with Crippen LogP contribution >= 0.6 is 11.8 Å². The van der Waals surface area contributed by atoms with Crippen LogP contribution in [-0.4, -0.2) is 21.3 Å². The van der Waals surface area contributed by atoms with Gasteiger partial charge in [-0.05, 0) is 65.4 Å². The number of carbonyl (C=O) groups excluding carboxylic acids is 1. The number of benzene rings is 5. The number of methoxy groups -OCH3 is 1. The van der Waals surface area contributed by atoms with Crippen molar-refractivity contribution < 1.29 is 17.9 Å². The van der Waals surface area contributed by atoms with Gasteiger partial charge in [0, 0.05) is 15.7 Å². The Labute approximate surface area is 283 Å². The van der Waals surface area contributed by atoms with E-state index in [0.29, 0.717) is 16.9 Å². The number of rotatable bonds is 12. The Balaban J connectivity index is 1.70. The highest BCUT2D eigenvalue weighted by Crippen LogP contribution is 2.48. The van der Waals surface area contributed by atoms with Crippen LogP contribution in [0.25, 0.3) is 0 Å². The van der Waals surface area contributed by atoms with Crippen LogP contribution in [0.5, 0.6) is 5.75 Å². The zero-order chi connectivity index (χ0) is 33.6. The van der Waals surface area contributed by atoms with Gasteiger partial charge >= 0.3 is 0 Å². The molecule has 5 rings (SSSR count). The molecule has 0 aromatic heterocycles. The van der Waals surface area contributed by atoms with E-state index in [-0.39, 0.29) is 16.1 Å². The third kappa shape index (κ3) is 8.41. The summed E-state index contributed by atoms with van der Waals surface area (Å²) in [5, 5.41) is -0.486. The predicted molar refractivity (Wildman–Crippen MR) is 192 cm³/mol. The van der Waals surface area contributed by atoms with Gasteiger partial charge in [-0.1, -0.05) is 123 Å². The van der Waals surface area contributed by atoms with Gasteiger partial charge in [0.15, 0.2) is 5.78 Å². The first kappa shape index (κ1) is 34.2. The summed E-state index contributed by atoms with van der Waals surface area (Å²) in [6.45, 7) is 8.44. The van der Waals surface area contributed by atoms with Crippen molar-refractivity contribution in [2.75, 3.05) is 7.11 Å². The number of sulfonamides is 1. The average molecular weight is 664 g/mol. The van der Waals surface area contributed by atoms with E-state index in [1.165, 1.54) is 5.56 Å². The lowest BCUT2D eigenvalue weighted by atomic mass is 9.82. The molecular weight excluding hydrogens is 623 g/mol. The van der Waals surface area contributed by atoms with Crippen LogP contribution in [0.3, 0.4) is 0 Å². The Morgan fingerprint density at radius 1 is 0.723 bits per heavy atom. The highest BCUT2D eigenvalue weighted by Gasteiger charge is 2.40. The molecule has 0 unspecified atom stereocenters. The molecule has 0 bridgehead atoms. The molecule has 5 aromatic carbocycles. The Kier molecular flexibility index (Phi) is 10.7. The van der Waals surface area contributed by atoms with Crippen molar-refractivity contribution in [2.24, 2.45) is 5.92 Å². The van der Waals surface area contributed by atoms with Crippen molar-refractivity contribution >= 4 is 27.6 Å². The normalized spacial score (nSPS) is 13.8. The van der Waals surface area contributed by atoms with Gasteiger partial charge < -0.3 is 4.74 Å². The Hall–Kier alpha value is -4.17. The number of Topliss-reactive ketones (excluding diaryl/α,β-unsaturated/α-hetero) is 1. The van der Waals surface area contributed by atoms with Gasteiger partial charge in [0.1, 0.15) is 5.75 Å². The van der Waals surface area contributed by atoms with Gasteiger partial charge in [0.2, 0.25) is 10.0 Å². The van der Waals surface area contributed by atoms with Crippen LogP contribution in [0.2, 0.25) is 0 Å². The van der Waals surface area contributed by atoms with E-state index in [9.17, 15) is 13.2 Å². The molecule has 242 valence electrons. The summed E-state index contributed by atoms with van der Waals surface area (Å²) in [6.07, 6.45) is 0. The van der Waals surface area contributed by atoms with E-state index >= 15 is 0 Å². The summed E-state index contributed by atoms with van der Waals surface area (Å²) in [7, 11) is -2.42. The molecular formula is C40H41NO4S2. The number of ether oxygens (including phenoxy) is 1. The van der Waals surface area contributed by atoms with Crippen LogP contribution < -0.4 is 9.46 Å². The maximum Gasteiger partial charge on any atom is 0.241 e. The minimum absolute atomic E-state index is 0.0168. The molecule has 0 heterocycles. The second-order valence-electron chi connectivity index (χ2n) is 12.7. The predicted octanol–water partition coefficient (Wildman–Crippen LogP) is 9.35. The fourth-order valence-corrected chi connectivity index (χ4v) is 8.10. The second kappa shape index (κ2) is 14.7. The summed E-state index contributed by atoms with van der Waals surface area (Å²) in [6, 6.07) is 40.4. The van der Waals surface area contributed by atoms with Crippen molar-refractivity contribution in [1.29, 1.82) is 0 Å². The molecule has 5 nitrogen and oxygen atoms in total. The van der Waals surface area contributed by atoms with Crippen LogP contribution in [0.4, 0.5) is 0 Å². The molecule has 0 spiro atoms. The molecule has 0 aliphatic heterocycles. The standard InChI is InChI=1S/C40H41NO4S2/c1-28-16-26-35(27-17-28)47(43,44)41-37(29-12-8-6-9-13-29)36(38(42)30-14-10-7-11-15-30)39(31-18-22-33(45-5)23-19-31)46-34-24-20-32(21-25-34)40(2,3)4/h6-27,36-37,39,41H,1-5H3/t36-,37-,39+/m1/s1. The highest BCUT2D eigenvalue weighted by molar-refractivity contribution is 7.99. The van der Waals surface area contributed by atoms with Gasteiger partial charge in [-0.25, -0.2) is 13.1 Å². The van der Waals surface area contributed by atoms with Gasteiger partial charge in [-0.2, -0.15) is 0 Å². The molecule has 0 saturated heterocycles. The molecule has 0 aliphatic carbocycles. The topological polar surface area (TPSA) is 72.5 Å². The number of ketones is 1. The summed E-state index contributed by atoms with van der Waals surface area (Å²) in [5.41, 5.74) is 4.22. The zero-order valence-corrected chi connectivity index (χ0v) is 29.0. The van der Waals surface area contributed by atoms with Crippen molar-refractivity contribution in [2.45, 2.75) is 54.2 Å². The fraction of sp³-hybridized carbons (Fsp3) is 0.225. The van der Waals surface area contributed by atoms with E-state index in [1.807, 2.05) is 79.7 Å². The highest BCUT2D eigenvalue weighted by atomic mass is 32.2. The van der Waals surface area contributed by atoms with E-state index < -0.39 is 27.2 Å². The number of aryl methyl sites for hydroxylation is 1. The minimum Gasteiger partial charge on any atom is -0.497 e. The molecule has 5 aromatic rings. The molecule has 1 N–H and O–H groups in total. The zero-order valence-electron chi connectivity index (χ0n) is 27.4. The Morgan fingerprint density at radius 2 is 1.30 bits per heavy atom. The number of nitrogens with one attached hydrogen (secondary N) is 1. The third-order valence-corrected chi connectivity index (χ3v) is 11.1. The Morgan fingerprint density at radius 3 is 1.85 bits per heavy atom. The Bertz CT molecular complexity index is 1870. The van der Waals surface area contributed by atoms with Gasteiger partial charge in [0.05, 0.1) is 24.0 Å². The van der Waals surface area contributed by atoms with E-state index in [0.717, 1.165) is 16.0 Å². The second-order valence-corrected chi connectivity index (χ2v) is 15.6. The van der Waals surface area contributed by atoms with E-state index in [2.05, 4.69) is 49.8 Å². The van der Waals surface area contributed by atoms with Crippen molar-refractivity contribution in [3.05, 3.63) is 161 Å².